The summed E-state index contributed by atoms with van der Waals surface area (Å²) in [7, 11) is 1.79. The van der Waals surface area contributed by atoms with Crippen LogP contribution in [0.3, 0.4) is 0 Å². The summed E-state index contributed by atoms with van der Waals surface area (Å²) in [5.41, 5.74) is 2.21. The number of benzene rings is 1. The van der Waals surface area contributed by atoms with Gasteiger partial charge in [0.25, 0.3) is 9.05 Å². The zero-order valence-corrected chi connectivity index (χ0v) is 15.0. The summed E-state index contributed by atoms with van der Waals surface area (Å²) in [6.07, 6.45) is 1.08. The first kappa shape index (κ1) is 16.5. The van der Waals surface area contributed by atoms with Crippen LogP contribution in [-0.2, 0) is 28.4 Å². The molecule has 2 rings (SSSR count). The van der Waals surface area contributed by atoms with Gasteiger partial charge in [0, 0.05) is 15.2 Å². The van der Waals surface area contributed by atoms with E-state index in [0.29, 0.717) is 30.8 Å². The van der Waals surface area contributed by atoms with Crippen molar-refractivity contribution in [1.82, 2.24) is 9.78 Å². The molecule has 0 unspecified atom stereocenters. The van der Waals surface area contributed by atoms with Crippen molar-refractivity contribution in [3.63, 3.8) is 0 Å². The standard InChI is InChI=1S/C14H16BrClN2O2S/c1-3-12-14(21(16,19)20)13(4-2)18(17-12)9-10-7-5-6-8-11(10)15/h5-8H,3-4,9H2,1-2H3. The van der Waals surface area contributed by atoms with Gasteiger partial charge in [-0.05, 0) is 24.5 Å². The molecule has 0 N–H and O–H groups in total. The van der Waals surface area contributed by atoms with Gasteiger partial charge in [0.1, 0.15) is 4.90 Å². The zero-order chi connectivity index (χ0) is 15.6. The molecule has 0 amide bonds. The van der Waals surface area contributed by atoms with Crippen LogP contribution in [0.15, 0.2) is 33.6 Å². The summed E-state index contributed by atoms with van der Waals surface area (Å²) < 4.78 is 26.4. The molecule has 0 bridgehead atoms. The monoisotopic (exact) mass is 390 g/mol. The summed E-state index contributed by atoms with van der Waals surface area (Å²) in [6.45, 7) is 4.28. The van der Waals surface area contributed by atoms with Gasteiger partial charge < -0.3 is 0 Å². The lowest BCUT2D eigenvalue weighted by molar-refractivity contribution is 0.605. The Bertz CT molecular complexity index is 756. The molecular weight excluding hydrogens is 376 g/mol. The normalized spacial score (nSPS) is 11.8. The van der Waals surface area contributed by atoms with Gasteiger partial charge in [-0.2, -0.15) is 5.10 Å². The molecule has 1 aromatic carbocycles. The number of hydrogen-bond acceptors (Lipinski definition) is 3. The Labute approximate surface area is 137 Å². The van der Waals surface area contributed by atoms with Crippen LogP contribution in [0.2, 0.25) is 0 Å². The highest BCUT2D eigenvalue weighted by Crippen LogP contribution is 2.27. The molecule has 2 aromatic rings. The van der Waals surface area contributed by atoms with Gasteiger partial charge in [-0.1, -0.05) is 48.0 Å². The van der Waals surface area contributed by atoms with Crippen molar-refractivity contribution in [3.8, 4) is 0 Å². The molecule has 7 heteroatoms. The van der Waals surface area contributed by atoms with Crippen LogP contribution in [0.5, 0.6) is 0 Å². The van der Waals surface area contributed by atoms with Crippen molar-refractivity contribution < 1.29 is 8.42 Å². The van der Waals surface area contributed by atoms with E-state index in [4.69, 9.17) is 10.7 Å². The van der Waals surface area contributed by atoms with E-state index in [1.54, 1.807) is 4.68 Å². The van der Waals surface area contributed by atoms with Gasteiger partial charge in [0.15, 0.2) is 0 Å². The van der Waals surface area contributed by atoms with Crippen molar-refractivity contribution >= 4 is 35.7 Å². The fourth-order valence-electron chi connectivity index (χ4n) is 2.31. The average Bonchev–Trinajstić information content (AvgIpc) is 2.79. The van der Waals surface area contributed by atoms with Gasteiger partial charge in [-0.3, -0.25) is 4.68 Å². The number of aryl methyl sites for hydroxylation is 1. The minimum Gasteiger partial charge on any atom is -0.263 e. The molecule has 0 fully saturated rings. The molecule has 0 saturated heterocycles. The maximum atomic E-state index is 11.8. The maximum Gasteiger partial charge on any atom is 0.264 e. The minimum absolute atomic E-state index is 0.168. The van der Waals surface area contributed by atoms with E-state index in [-0.39, 0.29) is 4.90 Å². The highest BCUT2D eigenvalue weighted by atomic mass is 79.9. The van der Waals surface area contributed by atoms with E-state index >= 15 is 0 Å². The van der Waals surface area contributed by atoms with Crippen LogP contribution in [0, 0.1) is 0 Å². The van der Waals surface area contributed by atoms with E-state index < -0.39 is 9.05 Å². The SMILES string of the molecule is CCc1nn(Cc2ccccc2Br)c(CC)c1S(=O)(=O)Cl. The second-order valence-corrected chi connectivity index (χ2v) is 7.97. The molecule has 0 saturated carbocycles. The second kappa shape index (κ2) is 6.50. The predicted octanol–water partition coefficient (Wildman–Crippen LogP) is 3.75. The third kappa shape index (κ3) is 3.49. The Balaban J connectivity index is 2.55. The van der Waals surface area contributed by atoms with Crippen molar-refractivity contribution in [2.45, 2.75) is 38.1 Å². The van der Waals surface area contributed by atoms with Gasteiger partial charge >= 0.3 is 0 Å². The topological polar surface area (TPSA) is 52.0 Å². The lowest BCUT2D eigenvalue weighted by Gasteiger charge is -2.08. The Hall–Kier alpha value is -0.850. The summed E-state index contributed by atoms with van der Waals surface area (Å²) in [4.78, 5) is 0.168. The summed E-state index contributed by atoms with van der Waals surface area (Å²) >= 11 is 3.50. The summed E-state index contributed by atoms with van der Waals surface area (Å²) in [6, 6.07) is 7.80. The van der Waals surface area contributed by atoms with Crippen molar-refractivity contribution in [1.29, 1.82) is 0 Å². The Morgan fingerprint density at radius 2 is 1.90 bits per heavy atom. The van der Waals surface area contributed by atoms with Gasteiger partial charge in [0.2, 0.25) is 0 Å². The highest BCUT2D eigenvalue weighted by Gasteiger charge is 2.25. The summed E-state index contributed by atoms with van der Waals surface area (Å²) in [5, 5.41) is 4.43. The van der Waals surface area contributed by atoms with E-state index in [1.165, 1.54) is 0 Å². The van der Waals surface area contributed by atoms with E-state index in [2.05, 4.69) is 21.0 Å². The van der Waals surface area contributed by atoms with Crippen LogP contribution < -0.4 is 0 Å². The molecule has 1 aromatic heterocycles. The number of nitrogens with zero attached hydrogens (tertiary/aromatic N) is 2. The molecule has 114 valence electrons. The molecule has 0 spiro atoms. The van der Waals surface area contributed by atoms with Gasteiger partial charge in [0.05, 0.1) is 17.9 Å². The number of halogens is 2. The average molecular weight is 392 g/mol. The smallest absolute Gasteiger partial charge is 0.263 e. The largest absolute Gasteiger partial charge is 0.264 e. The van der Waals surface area contributed by atoms with Crippen LogP contribution in [0.4, 0.5) is 0 Å². The molecule has 0 aliphatic carbocycles. The first-order valence-corrected chi connectivity index (χ1v) is 9.75. The third-order valence-electron chi connectivity index (χ3n) is 3.27. The van der Waals surface area contributed by atoms with Crippen LogP contribution in [0.25, 0.3) is 0 Å². The van der Waals surface area contributed by atoms with Gasteiger partial charge in [-0.25, -0.2) is 8.42 Å². The first-order valence-electron chi connectivity index (χ1n) is 6.65. The Kier molecular flexibility index (Phi) is 5.11. The Morgan fingerprint density at radius 3 is 2.43 bits per heavy atom. The number of hydrogen-bond donors (Lipinski definition) is 0. The first-order chi connectivity index (χ1) is 9.88. The predicted molar refractivity (Wildman–Crippen MR) is 87.3 cm³/mol. The van der Waals surface area contributed by atoms with Gasteiger partial charge in [-0.15, -0.1) is 0 Å². The molecule has 0 aliphatic heterocycles. The molecule has 0 aliphatic rings. The quantitative estimate of drug-likeness (QED) is 0.729. The van der Waals surface area contributed by atoms with Crippen molar-refractivity contribution in [3.05, 3.63) is 45.7 Å². The Morgan fingerprint density at radius 1 is 1.24 bits per heavy atom. The maximum absolute atomic E-state index is 11.8. The van der Waals surface area contributed by atoms with Crippen LogP contribution in [0.1, 0.15) is 30.8 Å². The molecule has 0 radical (unpaired) electrons. The van der Waals surface area contributed by atoms with Crippen molar-refractivity contribution in [2.24, 2.45) is 0 Å². The highest BCUT2D eigenvalue weighted by molar-refractivity contribution is 9.10. The lowest BCUT2D eigenvalue weighted by atomic mass is 10.2. The van der Waals surface area contributed by atoms with Crippen molar-refractivity contribution in [2.75, 3.05) is 0 Å². The van der Waals surface area contributed by atoms with E-state index in [1.807, 2.05) is 38.1 Å². The van der Waals surface area contributed by atoms with Crippen LogP contribution >= 0.6 is 26.6 Å². The molecule has 21 heavy (non-hydrogen) atoms. The zero-order valence-electron chi connectivity index (χ0n) is 11.8. The second-order valence-electron chi connectivity index (χ2n) is 4.62. The molecule has 4 nitrogen and oxygen atoms in total. The molecule has 1 heterocycles. The molecule has 0 atom stereocenters. The van der Waals surface area contributed by atoms with Crippen LogP contribution in [-0.4, -0.2) is 18.2 Å². The number of aromatic nitrogens is 2. The fourth-order valence-corrected chi connectivity index (χ4v) is 4.25. The summed E-state index contributed by atoms with van der Waals surface area (Å²) in [5.74, 6) is 0. The fraction of sp³-hybridized carbons (Fsp3) is 0.357. The van der Waals surface area contributed by atoms with E-state index in [0.717, 1.165) is 10.0 Å². The third-order valence-corrected chi connectivity index (χ3v) is 5.46. The number of rotatable bonds is 5. The van der Waals surface area contributed by atoms with E-state index in [9.17, 15) is 8.42 Å². The lowest BCUT2D eigenvalue weighted by Crippen LogP contribution is -2.07. The minimum atomic E-state index is -3.79. The molecular formula is C14H16BrClN2O2S.